The van der Waals surface area contributed by atoms with Crippen molar-refractivity contribution in [1.82, 2.24) is 0 Å². The number of carboxylic acid groups (broad SMARTS) is 1. The fourth-order valence-corrected chi connectivity index (χ4v) is 2.04. The van der Waals surface area contributed by atoms with E-state index in [9.17, 15) is 4.79 Å². The fourth-order valence-electron chi connectivity index (χ4n) is 1.18. The SMILES string of the molecule is C=CCN(CC=C)c1ccc(C(=O)O)s1. The predicted molar refractivity (Wildman–Crippen MR) is 63.9 cm³/mol. The molecule has 0 amide bonds. The van der Waals surface area contributed by atoms with Crippen molar-refractivity contribution in [2.75, 3.05) is 18.0 Å². The first-order chi connectivity index (χ1) is 7.19. The molecule has 0 aromatic carbocycles. The monoisotopic (exact) mass is 223 g/mol. The Morgan fingerprint density at radius 3 is 2.40 bits per heavy atom. The molecule has 0 aliphatic heterocycles. The van der Waals surface area contributed by atoms with Crippen LogP contribution in [0.2, 0.25) is 0 Å². The molecule has 0 fully saturated rings. The van der Waals surface area contributed by atoms with Crippen LogP contribution in [0.3, 0.4) is 0 Å². The Kier molecular flexibility index (Phi) is 4.12. The molecule has 3 nitrogen and oxygen atoms in total. The lowest BCUT2D eigenvalue weighted by atomic mass is 10.4. The van der Waals surface area contributed by atoms with E-state index < -0.39 is 5.97 Å². The lowest BCUT2D eigenvalue weighted by Crippen LogP contribution is -2.21. The normalized spacial score (nSPS) is 9.60. The molecule has 0 aliphatic rings. The minimum absolute atomic E-state index is 0.350. The molecule has 1 rings (SSSR count). The second-order valence-corrected chi connectivity index (χ2v) is 3.99. The molecule has 4 heteroatoms. The van der Waals surface area contributed by atoms with E-state index in [0.717, 1.165) is 5.00 Å². The van der Waals surface area contributed by atoms with Crippen molar-refractivity contribution in [2.45, 2.75) is 0 Å². The largest absolute Gasteiger partial charge is 0.477 e. The second-order valence-electron chi connectivity index (χ2n) is 2.93. The minimum Gasteiger partial charge on any atom is -0.477 e. The molecule has 1 aromatic rings. The van der Waals surface area contributed by atoms with Crippen LogP contribution in [0.4, 0.5) is 5.00 Å². The van der Waals surface area contributed by atoms with Crippen LogP contribution in [0.5, 0.6) is 0 Å². The Bertz CT molecular complexity index is 360. The van der Waals surface area contributed by atoms with Crippen molar-refractivity contribution in [1.29, 1.82) is 0 Å². The van der Waals surface area contributed by atoms with Crippen molar-refractivity contribution >= 4 is 22.3 Å². The molecule has 1 N–H and O–H groups in total. The molecule has 0 atom stereocenters. The summed E-state index contributed by atoms with van der Waals surface area (Å²) in [6, 6.07) is 3.42. The molecule has 0 unspecified atom stereocenters. The quantitative estimate of drug-likeness (QED) is 0.754. The van der Waals surface area contributed by atoms with Crippen molar-refractivity contribution in [2.24, 2.45) is 0 Å². The van der Waals surface area contributed by atoms with Gasteiger partial charge >= 0.3 is 5.97 Å². The molecule has 0 spiro atoms. The Morgan fingerprint density at radius 1 is 1.40 bits per heavy atom. The van der Waals surface area contributed by atoms with Gasteiger partial charge in [-0.05, 0) is 12.1 Å². The van der Waals surface area contributed by atoms with Gasteiger partial charge in [0.05, 0.1) is 5.00 Å². The van der Waals surface area contributed by atoms with Crippen LogP contribution in [0.15, 0.2) is 37.4 Å². The van der Waals surface area contributed by atoms with Crippen LogP contribution >= 0.6 is 11.3 Å². The Morgan fingerprint density at radius 2 is 2.00 bits per heavy atom. The van der Waals surface area contributed by atoms with Crippen LogP contribution < -0.4 is 4.90 Å². The summed E-state index contributed by atoms with van der Waals surface area (Å²) in [4.78, 5) is 13.1. The number of rotatable bonds is 6. The zero-order chi connectivity index (χ0) is 11.3. The summed E-state index contributed by atoms with van der Waals surface area (Å²) >= 11 is 1.26. The Balaban J connectivity index is 2.85. The summed E-state index contributed by atoms with van der Waals surface area (Å²) in [6.45, 7) is 8.70. The van der Waals surface area contributed by atoms with E-state index in [1.54, 1.807) is 24.3 Å². The third-order valence-electron chi connectivity index (χ3n) is 1.81. The topological polar surface area (TPSA) is 40.5 Å². The van der Waals surface area contributed by atoms with Crippen LogP contribution in [-0.4, -0.2) is 24.2 Å². The number of hydrogen-bond donors (Lipinski definition) is 1. The van der Waals surface area contributed by atoms with Gasteiger partial charge in [0.2, 0.25) is 0 Å². The lowest BCUT2D eigenvalue weighted by molar-refractivity contribution is 0.0702. The summed E-state index contributed by atoms with van der Waals surface area (Å²) in [5.41, 5.74) is 0. The van der Waals surface area contributed by atoms with E-state index in [1.807, 2.05) is 4.90 Å². The standard InChI is InChI=1S/C11H13NO2S/c1-3-7-12(8-4-2)10-6-5-9(15-10)11(13)14/h3-6H,1-2,7-8H2,(H,13,14). The van der Waals surface area contributed by atoms with Crippen molar-refractivity contribution in [3.8, 4) is 0 Å². The van der Waals surface area contributed by atoms with Crippen molar-refractivity contribution < 1.29 is 9.90 Å². The van der Waals surface area contributed by atoms with Crippen LogP contribution in [-0.2, 0) is 0 Å². The first-order valence-electron chi connectivity index (χ1n) is 4.49. The number of thiophene rings is 1. The Hall–Kier alpha value is -1.55. The van der Waals surface area contributed by atoms with E-state index >= 15 is 0 Å². The number of hydrogen-bond acceptors (Lipinski definition) is 3. The highest BCUT2D eigenvalue weighted by molar-refractivity contribution is 7.17. The maximum absolute atomic E-state index is 10.7. The highest BCUT2D eigenvalue weighted by atomic mass is 32.1. The lowest BCUT2D eigenvalue weighted by Gasteiger charge is -2.18. The average Bonchev–Trinajstić information content (AvgIpc) is 2.66. The van der Waals surface area contributed by atoms with E-state index in [2.05, 4.69) is 13.2 Å². The Labute approximate surface area is 93.0 Å². The first-order valence-corrected chi connectivity index (χ1v) is 5.30. The smallest absolute Gasteiger partial charge is 0.345 e. The van der Waals surface area contributed by atoms with Crippen molar-refractivity contribution in [3.63, 3.8) is 0 Å². The van der Waals surface area contributed by atoms with Gasteiger partial charge in [-0.15, -0.1) is 24.5 Å². The molecule has 80 valence electrons. The molecular formula is C11H13NO2S. The van der Waals surface area contributed by atoms with Crippen LogP contribution in [0, 0.1) is 0 Å². The first kappa shape index (κ1) is 11.5. The second kappa shape index (κ2) is 5.36. The number of carboxylic acids is 1. The van der Waals surface area contributed by atoms with Crippen LogP contribution in [0.25, 0.3) is 0 Å². The number of anilines is 1. The highest BCUT2D eigenvalue weighted by Gasteiger charge is 2.10. The van der Waals surface area contributed by atoms with Crippen LogP contribution in [0.1, 0.15) is 9.67 Å². The zero-order valence-corrected chi connectivity index (χ0v) is 9.17. The summed E-state index contributed by atoms with van der Waals surface area (Å²) in [7, 11) is 0. The van der Waals surface area contributed by atoms with Gasteiger partial charge in [-0.2, -0.15) is 0 Å². The van der Waals surface area contributed by atoms with Gasteiger partial charge in [-0.25, -0.2) is 4.79 Å². The summed E-state index contributed by atoms with van der Waals surface area (Å²) in [6.07, 6.45) is 3.56. The fraction of sp³-hybridized carbons (Fsp3) is 0.182. The molecule has 0 aliphatic carbocycles. The third kappa shape index (κ3) is 2.95. The van der Waals surface area contributed by atoms with E-state index in [-0.39, 0.29) is 0 Å². The number of nitrogens with zero attached hydrogens (tertiary/aromatic N) is 1. The van der Waals surface area contributed by atoms with E-state index in [1.165, 1.54) is 11.3 Å². The number of carbonyl (C=O) groups is 1. The molecule has 15 heavy (non-hydrogen) atoms. The van der Waals surface area contributed by atoms with E-state index in [0.29, 0.717) is 18.0 Å². The zero-order valence-electron chi connectivity index (χ0n) is 8.35. The predicted octanol–water partition coefficient (Wildman–Crippen LogP) is 2.62. The summed E-state index contributed by atoms with van der Waals surface area (Å²) < 4.78 is 0. The molecule has 0 radical (unpaired) electrons. The van der Waals surface area contributed by atoms with Gasteiger partial charge in [-0.1, -0.05) is 12.2 Å². The van der Waals surface area contributed by atoms with Crippen molar-refractivity contribution in [3.05, 3.63) is 42.3 Å². The van der Waals surface area contributed by atoms with Gasteiger partial charge in [-0.3, -0.25) is 0 Å². The maximum atomic E-state index is 10.7. The molecular weight excluding hydrogens is 210 g/mol. The van der Waals surface area contributed by atoms with Gasteiger partial charge in [0.15, 0.2) is 0 Å². The minimum atomic E-state index is -0.886. The summed E-state index contributed by atoms with van der Waals surface area (Å²) in [5, 5.41) is 9.71. The van der Waals surface area contributed by atoms with Gasteiger partial charge < -0.3 is 10.0 Å². The molecule has 0 saturated carbocycles. The average molecular weight is 223 g/mol. The summed E-state index contributed by atoms with van der Waals surface area (Å²) in [5.74, 6) is -0.886. The van der Waals surface area contributed by atoms with Gasteiger partial charge in [0.25, 0.3) is 0 Å². The maximum Gasteiger partial charge on any atom is 0.345 e. The number of aromatic carboxylic acids is 1. The molecule has 1 heterocycles. The van der Waals surface area contributed by atoms with Gasteiger partial charge in [0, 0.05) is 13.1 Å². The van der Waals surface area contributed by atoms with E-state index in [4.69, 9.17) is 5.11 Å². The molecule has 0 saturated heterocycles. The molecule has 1 aromatic heterocycles. The third-order valence-corrected chi connectivity index (χ3v) is 2.95. The highest BCUT2D eigenvalue weighted by Crippen LogP contribution is 2.25. The van der Waals surface area contributed by atoms with Gasteiger partial charge in [0.1, 0.15) is 4.88 Å². The molecule has 0 bridgehead atoms.